The summed E-state index contributed by atoms with van der Waals surface area (Å²) in [5, 5.41) is 14.3. The van der Waals surface area contributed by atoms with E-state index in [9.17, 15) is 4.79 Å². The second-order valence-electron chi connectivity index (χ2n) is 4.03. The molecule has 1 atom stereocenters. The highest BCUT2D eigenvalue weighted by Gasteiger charge is 2.10. The number of nitrogens with two attached hydrogens (primary N) is 1. The van der Waals surface area contributed by atoms with Crippen molar-refractivity contribution < 1.29 is 4.79 Å². The smallest absolute Gasteiger partial charge is 0.236 e. The Morgan fingerprint density at radius 1 is 1.58 bits per heavy atom. The van der Waals surface area contributed by atoms with Crippen molar-refractivity contribution in [1.29, 1.82) is 0 Å². The maximum atomic E-state index is 11.5. The predicted octanol–water partition coefficient (Wildman–Crippen LogP) is 0.279. The lowest BCUT2D eigenvalue weighted by molar-refractivity contribution is -0.122. The summed E-state index contributed by atoms with van der Waals surface area (Å²) >= 11 is 5.96. The molecule has 7 nitrogen and oxygen atoms in total. The lowest BCUT2D eigenvalue weighted by Crippen LogP contribution is -2.38. The molecule has 0 aliphatic heterocycles. The largest absolute Gasteiger partial charge is 0.351 e. The first-order chi connectivity index (χ1) is 9.08. The van der Waals surface area contributed by atoms with Crippen LogP contribution in [0.3, 0.4) is 0 Å². The molecule has 1 heterocycles. The Balaban J connectivity index is 2.23. The zero-order valence-electron chi connectivity index (χ0n) is 10.2. The van der Waals surface area contributed by atoms with Gasteiger partial charge in [-0.3, -0.25) is 4.79 Å². The summed E-state index contributed by atoms with van der Waals surface area (Å²) in [6.07, 6.45) is 1.47. The van der Waals surface area contributed by atoms with E-state index < -0.39 is 6.04 Å². The van der Waals surface area contributed by atoms with E-state index in [-0.39, 0.29) is 5.91 Å². The fraction of sp³-hybridized carbons (Fsp3) is 0.273. The first kappa shape index (κ1) is 13.4. The molecule has 19 heavy (non-hydrogen) atoms. The van der Waals surface area contributed by atoms with Crippen molar-refractivity contribution in [2.24, 2.45) is 5.73 Å². The topological polar surface area (TPSA) is 98.7 Å². The molecular formula is C11H13ClN6O. The van der Waals surface area contributed by atoms with E-state index in [1.165, 1.54) is 11.0 Å². The van der Waals surface area contributed by atoms with Crippen LogP contribution >= 0.6 is 11.6 Å². The Hall–Kier alpha value is -1.99. The van der Waals surface area contributed by atoms with Crippen LogP contribution in [0, 0.1) is 0 Å². The van der Waals surface area contributed by atoms with Gasteiger partial charge < -0.3 is 11.1 Å². The van der Waals surface area contributed by atoms with Crippen LogP contribution in [0.4, 0.5) is 0 Å². The number of nitrogens with zero attached hydrogens (tertiary/aromatic N) is 4. The van der Waals surface area contributed by atoms with Crippen LogP contribution in [0.2, 0.25) is 5.02 Å². The normalized spacial score (nSPS) is 12.2. The van der Waals surface area contributed by atoms with Gasteiger partial charge in [0.2, 0.25) is 5.91 Å². The number of carbonyl (C=O) groups excluding carboxylic acids is 1. The van der Waals surface area contributed by atoms with Crippen molar-refractivity contribution in [1.82, 2.24) is 25.5 Å². The summed E-state index contributed by atoms with van der Waals surface area (Å²) < 4.78 is 1.50. The second-order valence-corrected chi connectivity index (χ2v) is 4.47. The summed E-state index contributed by atoms with van der Waals surface area (Å²) in [5.41, 5.74) is 7.04. The van der Waals surface area contributed by atoms with Crippen LogP contribution in [-0.2, 0) is 11.3 Å². The number of aromatic nitrogens is 4. The summed E-state index contributed by atoms with van der Waals surface area (Å²) in [6, 6.07) is 4.71. The quantitative estimate of drug-likeness (QED) is 0.838. The van der Waals surface area contributed by atoms with Crippen molar-refractivity contribution in [3.8, 4) is 5.69 Å². The van der Waals surface area contributed by atoms with Crippen LogP contribution in [0.15, 0.2) is 24.5 Å². The zero-order valence-corrected chi connectivity index (χ0v) is 11.0. The molecule has 0 spiro atoms. The van der Waals surface area contributed by atoms with E-state index in [2.05, 4.69) is 20.8 Å². The molecule has 0 fully saturated rings. The molecule has 2 aromatic rings. The van der Waals surface area contributed by atoms with Gasteiger partial charge >= 0.3 is 0 Å². The lowest BCUT2D eigenvalue weighted by atomic mass is 10.1. The van der Waals surface area contributed by atoms with Crippen molar-refractivity contribution in [3.63, 3.8) is 0 Å². The fourth-order valence-corrected chi connectivity index (χ4v) is 1.73. The average molecular weight is 281 g/mol. The highest BCUT2D eigenvalue weighted by atomic mass is 35.5. The van der Waals surface area contributed by atoms with Gasteiger partial charge in [-0.2, -0.15) is 0 Å². The Morgan fingerprint density at radius 2 is 2.37 bits per heavy atom. The molecule has 1 aromatic carbocycles. The number of nitrogens with one attached hydrogen (secondary N) is 1. The third kappa shape index (κ3) is 3.27. The molecule has 1 amide bonds. The number of benzene rings is 1. The monoisotopic (exact) mass is 280 g/mol. The minimum Gasteiger partial charge on any atom is -0.351 e. The third-order valence-corrected chi connectivity index (χ3v) is 2.74. The van der Waals surface area contributed by atoms with Gasteiger partial charge in [0.05, 0.1) is 11.7 Å². The summed E-state index contributed by atoms with van der Waals surface area (Å²) in [7, 11) is 0. The van der Waals surface area contributed by atoms with Crippen LogP contribution in [0.25, 0.3) is 5.69 Å². The molecular weight excluding hydrogens is 268 g/mol. The van der Waals surface area contributed by atoms with Crippen molar-refractivity contribution in [2.45, 2.75) is 19.5 Å². The number of hydrogen-bond donors (Lipinski definition) is 2. The molecule has 0 saturated carbocycles. The van der Waals surface area contributed by atoms with Crippen LogP contribution in [0.1, 0.15) is 12.5 Å². The van der Waals surface area contributed by atoms with Gasteiger partial charge in [-0.1, -0.05) is 11.6 Å². The first-order valence-electron chi connectivity index (χ1n) is 5.63. The highest BCUT2D eigenvalue weighted by Crippen LogP contribution is 2.18. The van der Waals surface area contributed by atoms with E-state index in [4.69, 9.17) is 17.3 Å². The summed E-state index contributed by atoms with van der Waals surface area (Å²) in [5.74, 6) is -0.234. The summed E-state index contributed by atoms with van der Waals surface area (Å²) in [6.45, 7) is 1.92. The third-order valence-electron chi connectivity index (χ3n) is 2.50. The van der Waals surface area contributed by atoms with Gasteiger partial charge in [-0.25, -0.2) is 4.68 Å². The molecule has 100 valence electrons. The molecule has 0 aliphatic rings. The SMILES string of the molecule is C[C@H](N)C(=O)NCc1cc(Cl)ccc1-n1cnnn1. The van der Waals surface area contributed by atoms with Gasteiger partial charge in [-0.05, 0) is 41.1 Å². The Kier molecular flexibility index (Phi) is 4.08. The van der Waals surface area contributed by atoms with E-state index in [0.29, 0.717) is 11.6 Å². The van der Waals surface area contributed by atoms with E-state index in [1.54, 1.807) is 25.1 Å². The Morgan fingerprint density at radius 3 is 3.00 bits per heavy atom. The number of amides is 1. The molecule has 0 bridgehead atoms. The van der Waals surface area contributed by atoms with Gasteiger partial charge in [0.25, 0.3) is 0 Å². The predicted molar refractivity (Wildman–Crippen MR) is 69.7 cm³/mol. The van der Waals surface area contributed by atoms with Crippen LogP contribution < -0.4 is 11.1 Å². The fourth-order valence-electron chi connectivity index (χ4n) is 1.53. The number of tetrazole rings is 1. The molecule has 3 N–H and O–H groups in total. The number of carbonyl (C=O) groups is 1. The maximum Gasteiger partial charge on any atom is 0.236 e. The molecule has 0 saturated heterocycles. The van der Waals surface area contributed by atoms with Gasteiger partial charge in [0, 0.05) is 11.6 Å². The Bertz CT molecular complexity index is 569. The van der Waals surface area contributed by atoms with Crippen LogP contribution in [-0.4, -0.2) is 32.2 Å². The molecule has 1 aromatic heterocycles. The Labute approximate surface area is 114 Å². The lowest BCUT2D eigenvalue weighted by Gasteiger charge is -2.11. The van der Waals surface area contributed by atoms with E-state index >= 15 is 0 Å². The second kappa shape index (κ2) is 5.77. The molecule has 0 unspecified atom stereocenters. The van der Waals surface area contributed by atoms with Gasteiger partial charge in [0.1, 0.15) is 6.33 Å². The average Bonchev–Trinajstić information content (AvgIpc) is 2.89. The standard InChI is InChI=1S/C11H13ClN6O/c1-7(13)11(19)14-5-8-4-9(12)2-3-10(8)18-6-15-16-17-18/h2-4,6-7H,5,13H2,1H3,(H,14,19)/t7-/m0/s1. The number of rotatable bonds is 4. The van der Waals surface area contributed by atoms with Crippen LogP contribution in [0.5, 0.6) is 0 Å². The zero-order chi connectivity index (χ0) is 13.8. The van der Waals surface area contributed by atoms with E-state index in [1.807, 2.05) is 0 Å². The number of hydrogen-bond acceptors (Lipinski definition) is 5. The molecule has 0 radical (unpaired) electrons. The van der Waals surface area contributed by atoms with E-state index in [0.717, 1.165) is 11.3 Å². The van der Waals surface area contributed by atoms with Crippen molar-refractivity contribution in [2.75, 3.05) is 0 Å². The minimum absolute atomic E-state index is 0.234. The molecule has 2 rings (SSSR count). The van der Waals surface area contributed by atoms with Crippen molar-refractivity contribution >= 4 is 17.5 Å². The summed E-state index contributed by atoms with van der Waals surface area (Å²) in [4.78, 5) is 11.5. The molecule has 8 heteroatoms. The maximum absolute atomic E-state index is 11.5. The van der Waals surface area contributed by atoms with Crippen molar-refractivity contribution in [3.05, 3.63) is 35.1 Å². The first-order valence-corrected chi connectivity index (χ1v) is 6.01. The van der Waals surface area contributed by atoms with Gasteiger partial charge in [0.15, 0.2) is 0 Å². The number of halogens is 1. The minimum atomic E-state index is -0.560. The highest BCUT2D eigenvalue weighted by molar-refractivity contribution is 6.30. The van der Waals surface area contributed by atoms with Gasteiger partial charge in [-0.15, -0.1) is 5.10 Å². The molecule has 0 aliphatic carbocycles.